The molecule has 168 valence electrons. The van der Waals surface area contributed by atoms with Crippen LogP contribution >= 0.6 is 11.6 Å². The third kappa shape index (κ3) is 5.03. The minimum absolute atomic E-state index is 0.229. The molecular weight excluding hydrogens is 435 g/mol. The number of likely N-dealkylation sites (N-methyl/N-ethyl adjacent to an activating group) is 1. The molecule has 1 amide bonds. The predicted octanol–water partition coefficient (Wildman–Crippen LogP) is 4.00. The van der Waals surface area contributed by atoms with Gasteiger partial charge in [0, 0.05) is 35.0 Å². The fraction of sp³-hybridized carbons (Fsp3) is 0.304. The Labute approximate surface area is 190 Å². The van der Waals surface area contributed by atoms with Crippen molar-refractivity contribution in [3.63, 3.8) is 0 Å². The number of carbonyl (C=O) groups excluding carboxylic acids is 1. The second-order valence-corrected chi connectivity index (χ2v) is 8.36. The lowest BCUT2D eigenvalue weighted by Crippen LogP contribution is -2.32. The number of carbonyl (C=O) groups is 1. The van der Waals surface area contributed by atoms with Gasteiger partial charge in [-0.25, -0.2) is 4.39 Å². The second-order valence-electron chi connectivity index (χ2n) is 7.92. The largest absolute Gasteiger partial charge is 0.492 e. The van der Waals surface area contributed by atoms with Crippen molar-refractivity contribution in [3.8, 4) is 22.6 Å². The van der Waals surface area contributed by atoms with Gasteiger partial charge in [-0.1, -0.05) is 11.6 Å². The number of amides is 1. The molecule has 32 heavy (non-hydrogen) atoms. The van der Waals surface area contributed by atoms with Gasteiger partial charge >= 0.3 is 0 Å². The van der Waals surface area contributed by atoms with E-state index in [9.17, 15) is 9.18 Å². The maximum atomic E-state index is 14.9. The number of nitrogens with zero attached hydrogens (tertiary/aromatic N) is 2. The molecule has 7 nitrogen and oxygen atoms in total. The third-order valence-corrected chi connectivity index (χ3v) is 5.47. The van der Waals surface area contributed by atoms with Crippen molar-refractivity contribution in [1.29, 1.82) is 0 Å². The number of hydrogen-bond acceptors (Lipinski definition) is 5. The van der Waals surface area contributed by atoms with Crippen molar-refractivity contribution in [1.82, 2.24) is 15.1 Å². The van der Waals surface area contributed by atoms with Crippen molar-refractivity contribution in [2.75, 3.05) is 39.2 Å². The number of H-pyrrole nitrogens is 1. The molecule has 3 aromatic rings. The van der Waals surface area contributed by atoms with E-state index < -0.39 is 11.7 Å². The Hall–Kier alpha value is -3.10. The predicted molar refractivity (Wildman–Crippen MR) is 121 cm³/mol. The quantitative estimate of drug-likeness (QED) is 0.559. The van der Waals surface area contributed by atoms with E-state index in [2.05, 4.69) is 15.5 Å². The van der Waals surface area contributed by atoms with Gasteiger partial charge < -0.3 is 19.7 Å². The highest BCUT2D eigenvalue weighted by molar-refractivity contribution is 6.30. The van der Waals surface area contributed by atoms with E-state index in [1.54, 1.807) is 30.5 Å². The van der Waals surface area contributed by atoms with Crippen LogP contribution in [0.5, 0.6) is 11.5 Å². The molecule has 1 aliphatic heterocycles. The first-order valence-corrected chi connectivity index (χ1v) is 10.6. The van der Waals surface area contributed by atoms with E-state index in [1.807, 2.05) is 19.0 Å². The van der Waals surface area contributed by atoms with Crippen LogP contribution < -0.4 is 14.8 Å². The Morgan fingerprint density at radius 2 is 2.22 bits per heavy atom. The third-order valence-electron chi connectivity index (χ3n) is 5.23. The number of hydrogen-bond donors (Lipinski definition) is 2. The first-order valence-electron chi connectivity index (χ1n) is 10.2. The molecule has 1 aliphatic rings. The minimum atomic E-state index is -0.487. The fourth-order valence-corrected chi connectivity index (χ4v) is 3.69. The summed E-state index contributed by atoms with van der Waals surface area (Å²) in [5.41, 5.74) is 2.07. The molecule has 0 aliphatic carbocycles. The maximum absolute atomic E-state index is 14.9. The zero-order valence-electron chi connectivity index (χ0n) is 17.8. The van der Waals surface area contributed by atoms with Crippen molar-refractivity contribution < 1.29 is 18.7 Å². The van der Waals surface area contributed by atoms with Gasteiger partial charge in [0.05, 0.1) is 17.8 Å². The molecule has 2 aromatic carbocycles. The molecule has 1 aromatic heterocycles. The highest BCUT2D eigenvalue weighted by atomic mass is 35.5. The maximum Gasteiger partial charge on any atom is 0.231 e. The molecule has 0 saturated carbocycles. The first kappa shape index (κ1) is 22.1. The lowest BCUT2D eigenvalue weighted by atomic mass is 9.96. The molecule has 1 atom stereocenters. The average Bonchev–Trinajstić information content (AvgIpc) is 3.29. The summed E-state index contributed by atoms with van der Waals surface area (Å²) in [6, 6.07) is 8.21. The van der Waals surface area contributed by atoms with Gasteiger partial charge in [-0.15, -0.1) is 0 Å². The standard InChI is InChI=1S/C23H24ClFN4O3/c1-29(2)5-6-31-22-9-18(16-11-26-27-12-16)19(25)10-20(22)28-23(30)15-7-14-8-17(24)3-4-21(14)32-13-15/h3-4,8-12,15H,5-7,13H2,1-2H3,(H,26,27)(H,28,30). The van der Waals surface area contributed by atoms with Gasteiger partial charge in [-0.05, 0) is 50.3 Å². The zero-order chi connectivity index (χ0) is 22.7. The normalized spacial score (nSPS) is 15.2. The highest BCUT2D eigenvalue weighted by Crippen LogP contribution is 2.35. The Morgan fingerprint density at radius 3 is 2.97 bits per heavy atom. The van der Waals surface area contributed by atoms with Gasteiger partial charge in [0.15, 0.2) is 0 Å². The summed E-state index contributed by atoms with van der Waals surface area (Å²) in [5, 5.41) is 9.97. The lowest BCUT2D eigenvalue weighted by Gasteiger charge is -2.25. The smallest absolute Gasteiger partial charge is 0.231 e. The van der Waals surface area contributed by atoms with Crippen molar-refractivity contribution in [2.24, 2.45) is 5.92 Å². The number of aromatic amines is 1. The fourth-order valence-electron chi connectivity index (χ4n) is 3.49. The van der Waals surface area contributed by atoms with Gasteiger partial charge in [-0.3, -0.25) is 9.89 Å². The average molecular weight is 459 g/mol. The van der Waals surface area contributed by atoms with Gasteiger partial charge in [-0.2, -0.15) is 5.10 Å². The summed E-state index contributed by atoms with van der Waals surface area (Å²) >= 11 is 6.08. The lowest BCUT2D eigenvalue weighted by molar-refractivity contribution is -0.121. The topological polar surface area (TPSA) is 79.5 Å². The number of nitrogens with one attached hydrogen (secondary N) is 2. The van der Waals surface area contributed by atoms with Crippen LogP contribution in [0.15, 0.2) is 42.7 Å². The molecule has 0 radical (unpaired) electrons. The molecule has 1 unspecified atom stereocenters. The Bertz CT molecular complexity index is 1100. The minimum Gasteiger partial charge on any atom is -0.492 e. The van der Waals surface area contributed by atoms with E-state index >= 15 is 0 Å². The summed E-state index contributed by atoms with van der Waals surface area (Å²) in [6.45, 7) is 1.28. The Balaban J connectivity index is 1.56. The van der Waals surface area contributed by atoms with Crippen LogP contribution in [-0.4, -0.2) is 54.9 Å². The van der Waals surface area contributed by atoms with Gasteiger partial charge in [0.2, 0.25) is 5.91 Å². The monoisotopic (exact) mass is 458 g/mol. The van der Waals surface area contributed by atoms with Crippen molar-refractivity contribution >= 4 is 23.2 Å². The Kier molecular flexibility index (Phi) is 6.62. The van der Waals surface area contributed by atoms with Crippen molar-refractivity contribution in [2.45, 2.75) is 6.42 Å². The number of aromatic nitrogens is 2. The first-order chi connectivity index (χ1) is 15.4. The summed E-state index contributed by atoms with van der Waals surface area (Å²) in [7, 11) is 3.86. The van der Waals surface area contributed by atoms with E-state index in [0.717, 1.165) is 11.3 Å². The molecule has 0 spiro atoms. The van der Waals surface area contributed by atoms with E-state index in [1.165, 1.54) is 12.3 Å². The van der Waals surface area contributed by atoms with Crippen LogP contribution in [0.2, 0.25) is 5.02 Å². The van der Waals surface area contributed by atoms with Crippen LogP contribution in [0.3, 0.4) is 0 Å². The van der Waals surface area contributed by atoms with Crippen LogP contribution in [0.25, 0.3) is 11.1 Å². The molecule has 9 heteroatoms. The molecule has 0 bridgehead atoms. The number of fused-ring (bicyclic) bond motifs is 1. The summed E-state index contributed by atoms with van der Waals surface area (Å²) < 4.78 is 26.5. The number of rotatable bonds is 7. The Morgan fingerprint density at radius 1 is 1.38 bits per heavy atom. The molecule has 0 fully saturated rings. The van der Waals surface area contributed by atoms with E-state index in [4.69, 9.17) is 21.1 Å². The summed E-state index contributed by atoms with van der Waals surface area (Å²) in [6.07, 6.45) is 3.61. The van der Waals surface area contributed by atoms with E-state index in [-0.39, 0.29) is 18.2 Å². The zero-order valence-corrected chi connectivity index (χ0v) is 18.6. The molecular formula is C23H24ClFN4O3. The summed E-state index contributed by atoms with van der Waals surface area (Å²) in [5.74, 6) is -0.0888. The van der Waals surface area contributed by atoms with Crippen LogP contribution in [0.4, 0.5) is 10.1 Å². The molecule has 4 rings (SSSR count). The number of benzene rings is 2. The van der Waals surface area contributed by atoms with Gasteiger partial charge in [0.1, 0.15) is 30.5 Å². The van der Waals surface area contributed by atoms with Crippen LogP contribution in [-0.2, 0) is 11.2 Å². The summed E-state index contributed by atoms with van der Waals surface area (Å²) in [4.78, 5) is 15.0. The van der Waals surface area contributed by atoms with Crippen molar-refractivity contribution in [3.05, 3.63) is 59.1 Å². The SMILES string of the molecule is CN(C)CCOc1cc(-c2cn[nH]c2)c(F)cc1NC(=O)C1COc2ccc(Cl)cc2C1. The number of ether oxygens (including phenoxy) is 2. The van der Waals surface area contributed by atoms with Crippen LogP contribution in [0, 0.1) is 11.7 Å². The van der Waals surface area contributed by atoms with Crippen LogP contribution in [0.1, 0.15) is 5.56 Å². The molecule has 0 saturated heterocycles. The number of halogens is 2. The van der Waals surface area contributed by atoms with Gasteiger partial charge in [0.25, 0.3) is 0 Å². The molecule has 2 N–H and O–H groups in total. The number of anilines is 1. The van der Waals surface area contributed by atoms with E-state index in [0.29, 0.717) is 41.5 Å². The highest BCUT2D eigenvalue weighted by Gasteiger charge is 2.27. The second kappa shape index (κ2) is 9.58. The molecule has 2 heterocycles.